The summed E-state index contributed by atoms with van der Waals surface area (Å²) < 4.78 is 0. The van der Waals surface area contributed by atoms with E-state index < -0.39 is 0 Å². The van der Waals surface area contributed by atoms with Crippen molar-refractivity contribution in [3.8, 4) is 0 Å². The van der Waals surface area contributed by atoms with Crippen molar-refractivity contribution in [3.63, 3.8) is 0 Å². The van der Waals surface area contributed by atoms with Crippen LogP contribution >= 0.6 is 11.3 Å². The van der Waals surface area contributed by atoms with Crippen LogP contribution in [-0.4, -0.2) is 18.1 Å². The third kappa shape index (κ3) is 2.80. The fourth-order valence-electron chi connectivity index (χ4n) is 2.86. The number of hydrogen-bond acceptors (Lipinski definition) is 4. The fraction of sp³-hybridized carbons (Fsp3) is 0.438. The molecule has 0 spiro atoms. The molecule has 0 saturated carbocycles. The fourth-order valence-corrected chi connectivity index (χ4v) is 3.75. The van der Waals surface area contributed by atoms with E-state index in [1.807, 2.05) is 6.20 Å². The zero-order valence-corrected chi connectivity index (χ0v) is 12.9. The summed E-state index contributed by atoms with van der Waals surface area (Å²) in [5.41, 5.74) is 2.87. The van der Waals surface area contributed by atoms with E-state index in [-0.39, 0.29) is 0 Å². The minimum Gasteiger partial charge on any atom is -0.366 e. The van der Waals surface area contributed by atoms with Gasteiger partial charge in [-0.25, -0.2) is 4.98 Å². The molecular formula is C16H21N3S. The Kier molecular flexibility index (Phi) is 3.92. The number of nitrogens with one attached hydrogen (secondary N) is 1. The first kappa shape index (κ1) is 13.4. The normalized spacial score (nSPS) is 17.9. The molecule has 0 radical (unpaired) electrons. The van der Waals surface area contributed by atoms with E-state index in [0.29, 0.717) is 5.92 Å². The first-order valence-electron chi connectivity index (χ1n) is 7.27. The quantitative estimate of drug-likeness (QED) is 0.927. The van der Waals surface area contributed by atoms with Gasteiger partial charge in [-0.15, -0.1) is 11.3 Å². The summed E-state index contributed by atoms with van der Waals surface area (Å²) in [6, 6.07) is 8.78. The van der Waals surface area contributed by atoms with E-state index >= 15 is 0 Å². The van der Waals surface area contributed by atoms with E-state index in [4.69, 9.17) is 0 Å². The maximum absolute atomic E-state index is 4.43. The van der Waals surface area contributed by atoms with Gasteiger partial charge in [0, 0.05) is 29.9 Å². The number of hydrogen-bond donors (Lipinski definition) is 1. The number of aromatic nitrogens is 1. The monoisotopic (exact) mass is 287 g/mol. The van der Waals surface area contributed by atoms with E-state index in [1.54, 1.807) is 11.3 Å². The molecule has 20 heavy (non-hydrogen) atoms. The van der Waals surface area contributed by atoms with Gasteiger partial charge in [0.05, 0.1) is 6.54 Å². The molecule has 1 unspecified atom stereocenters. The Bertz CT molecular complexity index is 579. The molecule has 2 aromatic rings. The van der Waals surface area contributed by atoms with Gasteiger partial charge in [-0.3, -0.25) is 0 Å². The average Bonchev–Trinajstić information content (AvgIpc) is 2.86. The Labute approximate surface area is 124 Å². The molecule has 1 N–H and O–H groups in total. The van der Waals surface area contributed by atoms with Gasteiger partial charge in [0.15, 0.2) is 5.13 Å². The van der Waals surface area contributed by atoms with Crippen LogP contribution in [0.1, 0.15) is 24.3 Å². The molecule has 0 amide bonds. The van der Waals surface area contributed by atoms with Crippen molar-refractivity contribution in [2.45, 2.75) is 26.8 Å². The zero-order valence-electron chi connectivity index (χ0n) is 12.1. The van der Waals surface area contributed by atoms with Gasteiger partial charge in [-0.2, -0.15) is 0 Å². The number of fused-ring (bicyclic) bond motifs is 1. The standard InChI is InChI=1S/C16H21N3S/c1-3-17-16-18-9-14(20-16)11-19-10-12(2)8-13-6-4-5-7-15(13)19/h4-7,9,12H,3,8,10-11H2,1-2H3,(H,17,18). The first-order chi connectivity index (χ1) is 9.76. The predicted octanol–water partition coefficient (Wildman–Crippen LogP) is 3.77. The van der Waals surface area contributed by atoms with E-state index in [2.05, 4.69) is 53.3 Å². The van der Waals surface area contributed by atoms with Crippen molar-refractivity contribution < 1.29 is 0 Å². The van der Waals surface area contributed by atoms with Crippen LogP contribution in [0.5, 0.6) is 0 Å². The Balaban J connectivity index is 1.79. The summed E-state index contributed by atoms with van der Waals surface area (Å²) in [6.45, 7) is 7.45. The molecule has 2 heterocycles. The van der Waals surface area contributed by atoms with Gasteiger partial charge in [0.1, 0.15) is 0 Å². The van der Waals surface area contributed by atoms with E-state index in [0.717, 1.165) is 24.8 Å². The molecule has 0 bridgehead atoms. The highest BCUT2D eigenvalue weighted by molar-refractivity contribution is 7.15. The van der Waals surface area contributed by atoms with E-state index in [1.165, 1.54) is 22.5 Å². The maximum atomic E-state index is 4.43. The molecule has 1 aromatic carbocycles. The molecule has 3 nitrogen and oxygen atoms in total. The highest BCUT2D eigenvalue weighted by atomic mass is 32.1. The molecule has 1 aromatic heterocycles. The molecular weight excluding hydrogens is 266 g/mol. The SMILES string of the molecule is CCNc1ncc(CN2CC(C)Cc3ccccc32)s1. The van der Waals surface area contributed by atoms with Crippen LogP contribution in [0, 0.1) is 5.92 Å². The average molecular weight is 287 g/mol. The number of para-hydroxylation sites is 1. The van der Waals surface area contributed by atoms with Gasteiger partial charge >= 0.3 is 0 Å². The first-order valence-corrected chi connectivity index (χ1v) is 8.09. The van der Waals surface area contributed by atoms with Crippen LogP contribution in [-0.2, 0) is 13.0 Å². The molecule has 1 aliphatic rings. The highest BCUT2D eigenvalue weighted by Crippen LogP contribution is 2.31. The molecule has 0 saturated heterocycles. The minimum absolute atomic E-state index is 0.714. The Hall–Kier alpha value is -1.55. The molecule has 0 aliphatic carbocycles. The molecule has 4 heteroatoms. The largest absolute Gasteiger partial charge is 0.366 e. The van der Waals surface area contributed by atoms with Crippen molar-refractivity contribution >= 4 is 22.2 Å². The molecule has 106 valence electrons. The lowest BCUT2D eigenvalue weighted by molar-refractivity contribution is 0.531. The molecule has 1 atom stereocenters. The van der Waals surface area contributed by atoms with Crippen molar-refractivity contribution in [3.05, 3.63) is 40.9 Å². The Morgan fingerprint density at radius 3 is 3.10 bits per heavy atom. The summed E-state index contributed by atoms with van der Waals surface area (Å²) in [5.74, 6) is 0.714. The predicted molar refractivity (Wildman–Crippen MR) is 86.6 cm³/mol. The second-order valence-corrected chi connectivity index (χ2v) is 6.60. The lowest BCUT2D eigenvalue weighted by Gasteiger charge is -2.34. The van der Waals surface area contributed by atoms with E-state index in [9.17, 15) is 0 Å². The zero-order chi connectivity index (χ0) is 13.9. The lowest BCUT2D eigenvalue weighted by Crippen LogP contribution is -2.33. The van der Waals surface area contributed by atoms with Crippen LogP contribution in [0.2, 0.25) is 0 Å². The summed E-state index contributed by atoms with van der Waals surface area (Å²) in [5, 5.41) is 4.31. The van der Waals surface area contributed by atoms with Crippen LogP contribution in [0.15, 0.2) is 30.5 Å². The molecule has 3 rings (SSSR count). The topological polar surface area (TPSA) is 28.2 Å². The summed E-state index contributed by atoms with van der Waals surface area (Å²) in [6.07, 6.45) is 3.20. The van der Waals surface area contributed by atoms with Crippen molar-refractivity contribution in [2.75, 3.05) is 23.3 Å². The van der Waals surface area contributed by atoms with Crippen LogP contribution in [0.25, 0.3) is 0 Å². The van der Waals surface area contributed by atoms with Crippen LogP contribution in [0.4, 0.5) is 10.8 Å². The van der Waals surface area contributed by atoms with Crippen molar-refractivity contribution in [2.24, 2.45) is 5.92 Å². The lowest BCUT2D eigenvalue weighted by atomic mass is 9.94. The molecule has 0 fully saturated rings. The minimum atomic E-state index is 0.714. The Morgan fingerprint density at radius 1 is 1.40 bits per heavy atom. The smallest absolute Gasteiger partial charge is 0.182 e. The highest BCUT2D eigenvalue weighted by Gasteiger charge is 2.21. The number of benzene rings is 1. The maximum Gasteiger partial charge on any atom is 0.182 e. The van der Waals surface area contributed by atoms with Crippen molar-refractivity contribution in [1.82, 2.24) is 4.98 Å². The van der Waals surface area contributed by atoms with Crippen LogP contribution < -0.4 is 10.2 Å². The third-order valence-electron chi connectivity index (χ3n) is 3.66. The summed E-state index contributed by atoms with van der Waals surface area (Å²) in [4.78, 5) is 8.24. The van der Waals surface area contributed by atoms with Gasteiger partial charge in [-0.1, -0.05) is 25.1 Å². The number of anilines is 2. The number of rotatable bonds is 4. The van der Waals surface area contributed by atoms with Gasteiger partial charge in [-0.05, 0) is 30.9 Å². The number of nitrogens with zero attached hydrogens (tertiary/aromatic N) is 2. The number of thiazole rings is 1. The molecule has 1 aliphatic heterocycles. The Morgan fingerprint density at radius 2 is 2.25 bits per heavy atom. The second kappa shape index (κ2) is 5.83. The second-order valence-electron chi connectivity index (χ2n) is 5.48. The van der Waals surface area contributed by atoms with Crippen LogP contribution in [0.3, 0.4) is 0 Å². The van der Waals surface area contributed by atoms with Gasteiger partial charge in [0.25, 0.3) is 0 Å². The van der Waals surface area contributed by atoms with Gasteiger partial charge in [0.2, 0.25) is 0 Å². The van der Waals surface area contributed by atoms with Gasteiger partial charge < -0.3 is 10.2 Å². The third-order valence-corrected chi connectivity index (χ3v) is 4.60. The summed E-state index contributed by atoms with van der Waals surface area (Å²) >= 11 is 1.76. The summed E-state index contributed by atoms with van der Waals surface area (Å²) in [7, 11) is 0. The van der Waals surface area contributed by atoms with Crippen molar-refractivity contribution in [1.29, 1.82) is 0 Å².